The lowest BCUT2D eigenvalue weighted by molar-refractivity contribution is -0.142. The predicted molar refractivity (Wildman–Crippen MR) is 133 cm³/mol. The van der Waals surface area contributed by atoms with Gasteiger partial charge >= 0.3 is 0 Å². The van der Waals surface area contributed by atoms with E-state index in [0.29, 0.717) is 16.7 Å². The van der Waals surface area contributed by atoms with Gasteiger partial charge in [-0.15, -0.1) is 0 Å². The zero-order chi connectivity index (χ0) is 24.1. The highest BCUT2D eigenvalue weighted by atomic mass is 79.9. The molecule has 32 heavy (non-hydrogen) atoms. The highest BCUT2D eigenvalue weighted by Crippen LogP contribution is 2.29. The lowest BCUT2D eigenvalue weighted by atomic mass is 10.0. The van der Waals surface area contributed by atoms with E-state index in [2.05, 4.69) is 35.1 Å². The average Bonchev–Trinajstić information content (AvgIpc) is 2.70. The van der Waals surface area contributed by atoms with Gasteiger partial charge in [-0.05, 0) is 78.9 Å². The summed E-state index contributed by atoms with van der Waals surface area (Å²) in [7, 11) is 0. The molecule has 5 nitrogen and oxygen atoms in total. The van der Waals surface area contributed by atoms with E-state index in [9.17, 15) is 9.59 Å². The number of carbonyl (C=O) groups is 2. The molecule has 174 valence electrons. The van der Waals surface area contributed by atoms with Gasteiger partial charge in [0.05, 0.1) is 4.47 Å². The Labute approximate surface area is 204 Å². The number of benzene rings is 2. The van der Waals surface area contributed by atoms with E-state index in [-0.39, 0.29) is 25.0 Å². The van der Waals surface area contributed by atoms with Crippen LogP contribution in [0.1, 0.15) is 58.6 Å². The first-order valence-corrected chi connectivity index (χ1v) is 11.8. The summed E-state index contributed by atoms with van der Waals surface area (Å²) >= 11 is 9.84. The third-order valence-electron chi connectivity index (χ3n) is 4.94. The molecule has 0 saturated carbocycles. The van der Waals surface area contributed by atoms with Crippen molar-refractivity contribution >= 4 is 39.3 Å². The van der Waals surface area contributed by atoms with Crippen molar-refractivity contribution in [2.45, 2.75) is 65.6 Å². The zero-order valence-corrected chi connectivity index (χ0v) is 21.9. The van der Waals surface area contributed by atoms with Crippen LogP contribution < -0.4 is 10.1 Å². The van der Waals surface area contributed by atoms with Crippen LogP contribution in [-0.2, 0) is 16.1 Å². The monoisotopic (exact) mass is 522 g/mol. The Balaban J connectivity index is 2.21. The molecule has 0 fully saturated rings. The van der Waals surface area contributed by atoms with Gasteiger partial charge in [-0.2, -0.15) is 0 Å². The molecule has 0 saturated heterocycles. The molecule has 0 radical (unpaired) electrons. The van der Waals surface area contributed by atoms with E-state index in [1.807, 2.05) is 57.2 Å². The molecular formula is C25H32BrClN2O3. The first kappa shape index (κ1) is 26.2. The maximum Gasteiger partial charge on any atom is 0.261 e. The number of hydrogen-bond acceptors (Lipinski definition) is 3. The van der Waals surface area contributed by atoms with Crippen LogP contribution in [0, 0.1) is 0 Å². The summed E-state index contributed by atoms with van der Waals surface area (Å²) in [4.78, 5) is 27.5. The van der Waals surface area contributed by atoms with Gasteiger partial charge in [0.2, 0.25) is 5.91 Å². The largest absolute Gasteiger partial charge is 0.483 e. The Morgan fingerprint density at radius 2 is 1.78 bits per heavy atom. The maximum atomic E-state index is 13.2. The van der Waals surface area contributed by atoms with Crippen LogP contribution in [-0.4, -0.2) is 34.9 Å². The number of halogens is 2. The number of carbonyl (C=O) groups excluding carboxylic acids is 2. The third-order valence-corrected chi connectivity index (χ3v) is 5.93. The van der Waals surface area contributed by atoms with E-state index in [1.165, 1.54) is 10.5 Å². The van der Waals surface area contributed by atoms with E-state index in [0.717, 1.165) is 10.0 Å². The molecule has 2 aromatic carbocycles. The summed E-state index contributed by atoms with van der Waals surface area (Å²) in [6.07, 6.45) is 0. The number of ether oxygens (including phenoxy) is 1. The fourth-order valence-electron chi connectivity index (χ4n) is 3.08. The van der Waals surface area contributed by atoms with Crippen LogP contribution in [0.25, 0.3) is 0 Å². The fourth-order valence-corrected chi connectivity index (χ4v) is 3.79. The quantitative estimate of drug-likeness (QED) is 0.466. The van der Waals surface area contributed by atoms with Crippen LogP contribution in [0.5, 0.6) is 5.75 Å². The van der Waals surface area contributed by atoms with Crippen LogP contribution in [0.3, 0.4) is 0 Å². The van der Waals surface area contributed by atoms with E-state index in [1.54, 1.807) is 13.0 Å². The lowest BCUT2D eigenvalue weighted by Crippen LogP contribution is -2.53. The summed E-state index contributed by atoms with van der Waals surface area (Å²) < 4.78 is 6.60. The summed E-state index contributed by atoms with van der Waals surface area (Å²) in [6.45, 7) is 11.7. The molecule has 0 bridgehead atoms. The first-order chi connectivity index (χ1) is 14.9. The highest BCUT2D eigenvalue weighted by molar-refractivity contribution is 9.10. The van der Waals surface area contributed by atoms with Crippen molar-refractivity contribution in [3.8, 4) is 5.75 Å². The number of hydrogen-bond donors (Lipinski definition) is 1. The summed E-state index contributed by atoms with van der Waals surface area (Å²) in [5.41, 5.74) is 1.52. The number of amides is 2. The molecule has 0 spiro atoms. The van der Waals surface area contributed by atoms with Crippen molar-refractivity contribution in [2.24, 2.45) is 0 Å². The van der Waals surface area contributed by atoms with Crippen molar-refractivity contribution < 1.29 is 14.3 Å². The minimum absolute atomic E-state index is 0.197. The fraction of sp³-hybridized carbons (Fsp3) is 0.440. The minimum Gasteiger partial charge on any atom is -0.483 e. The Hall–Kier alpha value is -2.05. The summed E-state index contributed by atoms with van der Waals surface area (Å²) in [6, 6.07) is 12.4. The lowest BCUT2D eigenvalue weighted by Gasteiger charge is -2.31. The van der Waals surface area contributed by atoms with Gasteiger partial charge < -0.3 is 15.0 Å². The van der Waals surface area contributed by atoms with Crippen molar-refractivity contribution in [1.29, 1.82) is 0 Å². The van der Waals surface area contributed by atoms with Gasteiger partial charge in [-0.25, -0.2) is 0 Å². The smallest absolute Gasteiger partial charge is 0.261 e. The molecule has 1 unspecified atom stereocenters. The normalized spacial score (nSPS) is 12.4. The Bertz CT molecular complexity index is 956. The van der Waals surface area contributed by atoms with Gasteiger partial charge in [-0.1, -0.05) is 49.7 Å². The number of rotatable bonds is 8. The number of nitrogens with one attached hydrogen (secondary N) is 1. The molecule has 0 aliphatic heterocycles. The second-order valence-electron chi connectivity index (χ2n) is 9.16. The zero-order valence-electron chi connectivity index (χ0n) is 19.5. The Morgan fingerprint density at radius 3 is 2.34 bits per heavy atom. The van der Waals surface area contributed by atoms with Crippen molar-refractivity contribution in [3.05, 3.63) is 63.1 Å². The molecule has 2 amide bonds. The van der Waals surface area contributed by atoms with Gasteiger partial charge in [0.15, 0.2) is 6.61 Å². The number of nitrogens with zero attached hydrogens (tertiary/aromatic N) is 1. The molecule has 0 aromatic heterocycles. The second-order valence-corrected chi connectivity index (χ2v) is 10.4. The molecule has 7 heteroatoms. The minimum atomic E-state index is -0.701. The van der Waals surface area contributed by atoms with Crippen LogP contribution in [0.15, 0.2) is 46.9 Å². The van der Waals surface area contributed by atoms with Gasteiger partial charge in [0, 0.05) is 17.1 Å². The Kier molecular flexibility index (Phi) is 9.17. The Morgan fingerprint density at radius 1 is 1.12 bits per heavy atom. The summed E-state index contributed by atoms with van der Waals surface area (Å²) in [5, 5.41) is 3.48. The average molecular weight is 524 g/mol. The van der Waals surface area contributed by atoms with Gasteiger partial charge in [0.1, 0.15) is 11.8 Å². The summed E-state index contributed by atoms with van der Waals surface area (Å²) in [5.74, 6) is 0.421. The molecule has 0 heterocycles. The SMILES string of the molecule is CC(C)c1ccc(OCC(=O)N(Cc2ccccc2Cl)C(C)C(=O)NC(C)(C)C)c(Br)c1. The van der Waals surface area contributed by atoms with Crippen LogP contribution in [0.2, 0.25) is 5.02 Å². The molecule has 2 rings (SSSR count). The highest BCUT2D eigenvalue weighted by Gasteiger charge is 2.29. The first-order valence-electron chi connectivity index (χ1n) is 10.7. The topological polar surface area (TPSA) is 58.6 Å². The van der Waals surface area contributed by atoms with Crippen LogP contribution in [0.4, 0.5) is 0 Å². The van der Waals surface area contributed by atoms with E-state index < -0.39 is 11.6 Å². The molecule has 2 aromatic rings. The van der Waals surface area contributed by atoms with E-state index >= 15 is 0 Å². The van der Waals surface area contributed by atoms with Crippen molar-refractivity contribution in [3.63, 3.8) is 0 Å². The van der Waals surface area contributed by atoms with E-state index in [4.69, 9.17) is 16.3 Å². The molecule has 1 atom stereocenters. The van der Waals surface area contributed by atoms with Crippen molar-refractivity contribution in [1.82, 2.24) is 10.2 Å². The van der Waals surface area contributed by atoms with Crippen LogP contribution >= 0.6 is 27.5 Å². The molecule has 0 aliphatic rings. The predicted octanol–water partition coefficient (Wildman–Crippen LogP) is 5.94. The van der Waals surface area contributed by atoms with Gasteiger partial charge in [-0.3, -0.25) is 9.59 Å². The maximum absolute atomic E-state index is 13.2. The van der Waals surface area contributed by atoms with Crippen molar-refractivity contribution in [2.75, 3.05) is 6.61 Å². The standard InChI is InChI=1S/C25H32BrClN2O3/c1-16(2)18-11-12-22(20(26)13-18)32-15-23(30)29(14-19-9-7-8-10-21(19)27)17(3)24(31)28-25(4,5)6/h7-13,16-17H,14-15H2,1-6H3,(H,28,31). The van der Waals surface area contributed by atoms with Gasteiger partial charge in [0.25, 0.3) is 5.91 Å². The second kappa shape index (κ2) is 11.2. The third kappa shape index (κ3) is 7.52. The molecule has 0 aliphatic carbocycles. The molecule has 1 N–H and O–H groups in total. The molecular weight excluding hydrogens is 492 g/mol.